The lowest BCUT2D eigenvalue weighted by Crippen LogP contribution is -2.36. The Morgan fingerprint density at radius 2 is 2.11 bits per heavy atom. The molecule has 1 atom stereocenters. The summed E-state index contributed by atoms with van der Waals surface area (Å²) in [5.74, 6) is 0.521. The third kappa shape index (κ3) is 3.13. The van der Waals surface area contributed by atoms with Crippen LogP contribution in [0.2, 0.25) is 0 Å². The van der Waals surface area contributed by atoms with Crippen LogP contribution in [0.4, 0.5) is 4.39 Å². The summed E-state index contributed by atoms with van der Waals surface area (Å²) in [5, 5.41) is 0. The van der Waals surface area contributed by atoms with Gasteiger partial charge in [0.25, 0.3) is 0 Å². The molecule has 2 nitrogen and oxygen atoms in total. The summed E-state index contributed by atoms with van der Waals surface area (Å²) < 4.78 is 15.5. The largest absolute Gasteiger partial charge is 0.253 e. The minimum absolute atomic E-state index is 0.169. The molecule has 0 radical (unpaired) electrons. The molecule has 0 aliphatic carbocycles. The van der Waals surface area contributed by atoms with Gasteiger partial charge in [-0.05, 0) is 12.0 Å². The Bertz CT molecular complexity index is 509. The Morgan fingerprint density at radius 1 is 1.33 bits per heavy atom. The maximum atomic E-state index is 13.6. The Balaban J connectivity index is 2.18. The van der Waals surface area contributed by atoms with Crippen LogP contribution in [0.1, 0.15) is 43.0 Å². The molecule has 18 heavy (non-hydrogen) atoms. The van der Waals surface area contributed by atoms with Crippen LogP contribution in [0.3, 0.4) is 0 Å². The average Bonchev–Trinajstić information content (AvgIpc) is 2.81. The topological polar surface area (TPSA) is 16.8 Å². The van der Waals surface area contributed by atoms with E-state index in [4.69, 9.17) is 0 Å². The van der Waals surface area contributed by atoms with Crippen molar-refractivity contribution in [1.29, 1.82) is 0 Å². The zero-order chi connectivity index (χ0) is 13.1. The van der Waals surface area contributed by atoms with E-state index in [-0.39, 0.29) is 5.82 Å². The normalized spacial score (nSPS) is 12.9. The van der Waals surface area contributed by atoms with Crippen LogP contribution < -0.4 is 4.57 Å². The molecule has 96 valence electrons. The number of nitrogens with zero attached hydrogens (tertiary/aromatic N) is 2. The fourth-order valence-electron chi connectivity index (χ4n) is 1.92. The van der Waals surface area contributed by atoms with Gasteiger partial charge >= 0.3 is 0 Å². The highest BCUT2D eigenvalue weighted by atomic mass is 32.1. The molecule has 2 heterocycles. The van der Waals surface area contributed by atoms with Crippen molar-refractivity contribution in [2.45, 2.75) is 39.2 Å². The van der Waals surface area contributed by atoms with Crippen molar-refractivity contribution >= 4 is 11.3 Å². The van der Waals surface area contributed by atoms with Crippen LogP contribution in [0.15, 0.2) is 30.2 Å². The minimum atomic E-state index is -0.169. The Labute approximate surface area is 111 Å². The summed E-state index contributed by atoms with van der Waals surface area (Å²) in [6, 6.07) is 1.61. The lowest BCUT2D eigenvalue weighted by Gasteiger charge is -2.08. The van der Waals surface area contributed by atoms with E-state index in [1.165, 1.54) is 4.88 Å². The highest BCUT2D eigenvalue weighted by Crippen LogP contribution is 2.19. The first-order valence-electron chi connectivity index (χ1n) is 6.14. The van der Waals surface area contributed by atoms with Gasteiger partial charge in [0.1, 0.15) is 0 Å². The van der Waals surface area contributed by atoms with Crippen LogP contribution in [-0.4, -0.2) is 4.98 Å². The van der Waals surface area contributed by atoms with Gasteiger partial charge in [-0.25, -0.2) is 8.96 Å². The quantitative estimate of drug-likeness (QED) is 0.773. The number of rotatable bonds is 4. The number of aromatic nitrogens is 2. The van der Waals surface area contributed by atoms with Gasteiger partial charge in [0.05, 0.1) is 11.4 Å². The highest BCUT2D eigenvalue weighted by Gasteiger charge is 2.16. The second kappa shape index (κ2) is 5.57. The van der Waals surface area contributed by atoms with E-state index in [2.05, 4.69) is 25.8 Å². The summed E-state index contributed by atoms with van der Waals surface area (Å²) in [6.07, 6.45) is 5.48. The van der Waals surface area contributed by atoms with Crippen LogP contribution in [0, 0.1) is 5.82 Å². The molecular formula is C14H18FN2S+. The molecule has 0 bridgehead atoms. The van der Waals surface area contributed by atoms with Gasteiger partial charge < -0.3 is 0 Å². The average molecular weight is 265 g/mol. The van der Waals surface area contributed by atoms with Gasteiger partial charge in [-0.1, -0.05) is 20.8 Å². The predicted molar refractivity (Wildman–Crippen MR) is 71.2 cm³/mol. The van der Waals surface area contributed by atoms with E-state index < -0.39 is 0 Å². The van der Waals surface area contributed by atoms with Crippen molar-refractivity contribution in [3.05, 3.63) is 46.4 Å². The standard InChI is InChI=1S/C14H18FN2S/c1-10(2)12-4-13(15)8-17(7-12)6-11(3)14-5-16-9-18-14/h4-5,7-11H,6H2,1-3H3/q+1. The molecule has 0 fully saturated rings. The van der Waals surface area contributed by atoms with Crippen molar-refractivity contribution in [2.75, 3.05) is 0 Å². The van der Waals surface area contributed by atoms with E-state index in [0.29, 0.717) is 11.8 Å². The summed E-state index contributed by atoms with van der Waals surface area (Å²) in [6.45, 7) is 7.07. The molecule has 2 aromatic heterocycles. The summed E-state index contributed by atoms with van der Waals surface area (Å²) in [4.78, 5) is 5.32. The molecule has 0 saturated heterocycles. The van der Waals surface area contributed by atoms with Crippen LogP contribution in [0.25, 0.3) is 0 Å². The van der Waals surface area contributed by atoms with Gasteiger partial charge in [0.2, 0.25) is 6.20 Å². The first-order chi connectivity index (χ1) is 8.56. The van der Waals surface area contributed by atoms with E-state index in [0.717, 1.165) is 12.1 Å². The number of halogens is 1. The molecule has 0 amide bonds. The van der Waals surface area contributed by atoms with Crippen LogP contribution in [0.5, 0.6) is 0 Å². The monoisotopic (exact) mass is 265 g/mol. The second-order valence-corrected chi connectivity index (χ2v) is 5.86. The van der Waals surface area contributed by atoms with Gasteiger partial charge in [-0.2, -0.15) is 0 Å². The molecule has 0 aromatic carbocycles. The van der Waals surface area contributed by atoms with Crippen molar-refractivity contribution < 1.29 is 8.96 Å². The maximum absolute atomic E-state index is 13.6. The Kier molecular flexibility index (Phi) is 4.07. The van der Waals surface area contributed by atoms with Gasteiger partial charge in [-0.3, -0.25) is 4.98 Å². The molecule has 0 aliphatic heterocycles. The molecular weight excluding hydrogens is 247 g/mol. The summed E-state index contributed by atoms with van der Waals surface area (Å²) in [7, 11) is 0. The lowest BCUT2D eigenvalue weighted by atomic mass is 10.1. The van der Waals surface area contributed by atoms with Gasteiger partial charge in [0, 0.05) is 16.6 Å². The van der Waals surface area contributed by atoms with E-state index >= 15 is 0 Å². The SMILES string of the molecule is CC(C)c1cc(F)c[n+](CC(C)c2cncs2)c1. The Morgan fingerprint density at radius 3 is 2.72 bits per heavy atom. The molecule has 2 aromatic rings. The number of hydrogen-bond donors (Lipinski definition) is 0. The first-order valence-corrected chi connectivity index (χ1v) is 7.02. The highest BCUT2D eigenvalue weighted by molar-refractivity contribution is 7.09. The van der Waals surface area contributed by atoms with Crippen molar-refractivity contribution in [3.63, 3.8) is 0 Å². The molecule has 2 rings (SSSR count). The van der Waals surface area contributed by atoms with Crippen molar-refractivity contribution in [2.24, 2.45) is 0 Å². The molecule has 0 spiro atoms. The zero-order valence-electron chi connectivity index (χ0n) is 10.9. The van der Waals surface area contributed by atoms with E-state index in [1.54, 1.807) is 23.6 Å². The number of thiazole rings is 1. The van der Waals surface area contributed by atoms with E-state index in [1.807, 2.05) is 22.5 Å². The first kappa shape index (κ1) is 13.1. The maximum Gasteiger partial charge on any atom is 0.204 e. The second-order valence-electron chi connectivity index (χ2n) is 4.94. The summed E-state index contributed by atoms with van der Waals surface area (Å²) in [5.41, 5.74) is 2.87. The summed E-state index contributed by atoms with van der Waals surface area (Å²) >= 11 is 1.65. The fraction of sp³-hybridized carbons (Fsp3) is 0.429. The fourth-order valence-corrected chi connectivity index (χ4v) is 2.59. The van der Waals surface area contributed by atoms with Crippen molar-refractivity contribution in [1.82, 2.24) is 4.98 Å². The molecule has 0 N–H and O–H groups in total. The van der Waals surface area contributed by atoms with Crippen LogP contribution >= 0.6 is 11.3 Å². The third-order valence-corrected chi connectivity index (χ3v) is 4.00. The lowest BCUT2D eigenvalue weighted by molar-refractivity contribution is -0.701. The number of pyridine rings is 1. The minimum Gasteiger partial charge on any atom is -0.253 e. The van der Waals surface area contributed by atoms with Gasteiger partial charge in [0.15, 0.2) is 18.6 Å². The molecule has 1 unspecified atom stereocenters. The predicted octanol–water partition coefficient (Wildman–Crippen LogP) is 3.50. The molecule has 0 aliphatic rings. The van der Waals surface area contributed by atoms with Gasteiger partial charge in [-0.15, -0.1) is 11.3 Å². The van der Waals surface area contributed by atoms with E-state index in [9.17, 15) is 4.39 Å². The molecule has 0 saturated carbocycles. The third-order valence-electron chi connectivity index (χ3n) is 3.00. The Hall–Kier alpha value is -1.29. The van der Waals surface area contributed by atoms with Crippen molar-refractivity contribution in [3.8, 4) is 0 Å². The van der Waals surface area contributed by atoms with Crippen LogP contribution in [-0.2, 0) is 6.54 Å². The smallest absolute Gasteiger partial charge is 0.204 e. The zero-order valence-corrected chi connectivity index (χ0v) is 11.7. The molecule has 4 heteroatoms. The number of hydrogen-bond acceptors (Lipinski definition) is 2.